The minimum atomic E-state index is -0.132. The van der Waals surface area contributed by atoms with Gasteiger partial charge in [0.15, 0.2) is 0 Å². The standard InChI is InChI=1S/C16H24N2O.ClH/c1-3-17-13(2)12-18-15(19)16(9-10-16)11-14-7-5-4-6-8-14;/h4-8,13,17H,3,9-12H2,1-2H3,(H,18,19);1H/t13-;/m1./s1. The van der Waals surface area contributed by atoms with Crippen molar-refractivity contribution in [2.45, 2.75) is 39.2 Å². The summed E-state index contributed by atoms with van der Waals surface area (Å²) in [6, 6.07) is 10.6. The van der Waals surface area contributed by atoms with Crippen molar-refractivity contribution in [1.29, 1.82) is 0 Å². The molecule has 0 unspecified atom stereocenters. The zero-order chi connectivity index (χ0) is 13.7. The van der Waals surface area contributed by atoms with Gasteiger partial charge in [-0.05, 0) is 38.3 Å². The van der Waals surface area contributed by atoms with Gasteiger partial charge in [-0.25, -0.2) is 0 Å². The summed E-state index contributed by atoms with van der Waals surface area (Å²) in [6.07, 6.45) is 2.90. The van der Waals surface area contributed by atoms with Crippen LogP contribution in [0.25, 0.3) is 0 Å². The maximum atomic E-state index is 12.3. The van der Waals surface area contributed by atoms with Crippen LogP contribution in [0, 0.1) is 5.41 Å². The highest BCUT2D eigenvalue weighted by molar-refractivity contribution is 5.85. The normalized spacial score (nSPS) is 16.9. The first-order chi connectivity index (χ1) is 9.16. The highest BCUT2D eigenvalue weighted by Gasteiger charge is 2.49. The number of rotatable bonds is 7. The first-order valence-electron chi connectivity index (χ1n) is 7.22. The number of hydrogen-bond acceptors (Lipinski definition) is 2. The van der Waals surface area contributed by atoms with E-state index in [1.807, 2.05) is 18.2 Å². The molecule has 2 N–H and O–H groups in total. The lowest BCUT2D eigenvalue weighted by atomic mass is 9.95. The van der Waals surface area contributed by atoms with E-state index >= 15 is 0 Å². The molecule has 1 aliphatic carbocycles. The summed E-state index contributed by atoms with van der Waals surface area (Å²) in [5.41, 5.74) is 1.13. The van der Waals surface area contributed by atoms with Gasteiger partial charge < -0.3 is 10.6 Å². The van der Waals surface area contributed by atoms with Crippen LogP contribution in [-0.2, 0) is 11.2 Å². The van der Waals surface area contributed by atoms with E-state index in [-0.39, 0.29) is 23.7 Å². The molecular formula is C16H25ClN2O. The van der Waals surface area contributed by atoms with Crippen LogP contribution in [0.1, 0.15) is 32.3 Å². The van der Waals surface area contributed by atoms with Gasteiger partial charge in [-0.3, -0.25) is 4.79 Å². The number of benzene rings is 1. The van der Waals surface area contributed by atoms with Crippen LogP contribution in [0.4, 0.5) is 0 Å². The lowest BCUT2D eigenvalue weighted by Gasteiger charge is -2.18. The van der Waals surface area contributed by atoms with Gasteiger partial charge in [0.25, 0.3) is 0 Å². The molecule has 0 radical (unpaired) electrons. The predicted molar refractivity (Wildman–Crippen MR) is 85.2 cm³/mol. The van der Waals surface area contributed by atoms with Crippen LogP contribution in [0.15, 0.2) is 30.3 Å². The van der Waals surface area contributed by atoms with E-state index < -0.39 is 0 Å². The summed E-state index contributed by atoms with van der Waals surface area (Å²) in [6.45, 7) is 5.83. The largest absolute Gasteiger partial charge is 0.354 e. The molecule has 1 atom stereocenters. The Balaban J connectivity index is 0.00000200. The molecule has 1 aromatic rings. The Kier molecular flexibility index (Phi) is 6.50. The van der Waals surface area contributed by atoms with Crippen LogP contribution in [0.2, 0.25) is 0 Å². The van der Waals surface area contributed by atoms with Crippen LogP contribution in [0.5, 0.6) is 0 Å². The molecule has 0 saturated heterocycles. The molecule has 1 amide bonds. The number of carbonyl (C=O) groups excluding carboxylic acids is 1. The molecule has 3 nitrogen and oxygen atoms in total. The van der Waals surface area contributed by atoms with Crippen molar-refractivity contribution < 1.29 is 4.79 Å². The van der Waals surface area contributed by atoms with Gasteiger partial charge in [0, 0.05) is 12.6 Å². The smallest absolute Gasteiger partial charge is 0.226 e. The number of likely N-dealkylation sites (N-methyl/N-ethyl adjacent to an activating group) is 1. The minimum Gasteiger partial charge on any atom is -0.354 e. The lowest BCUT2D eigenvalue weighted by molar-refractivity contribution is -0.126. The summed E-state index contributed by atoms with van der Waals surface area (Å²) in [4.78, 5) is 12.3. The Hall–Kier alpha value is -1.06. The van der Waals surface area contributed by atoms with E-state index in [0.717, 1.165) is 25.8 Å². The fraction of sp³-hybridized carbons (Fsp3) is 0.562. The monoisotopic (exact) mass is 296 g/mol. The lowest BCUT2D eigenvalue weighted by Crippen LogP contribution is -2.42. The summed E-state index contributed by atoms with van der Waals surface area (Å²) < 4.78 is 0. The van der Waals surface area contributed by atoms with E-state index in [1.54, 1.807) is 0 Å². The number of carbonyl (C=O) groups is 1. The quantitative estimate of drug-likeness (QED) is 0.812. The summed E-state index contributed by atoms with van der Waals surface area (Å²) in [5, 5.41) is 6.40. The van der Waals surface area contributed by atoms with Crippen molar-refractivity contribution in [3.8, 4) is 0 Å². The van der Waals surface area contributed by atoms with Crippen molar-refractivity contribution in [3.05, 3.63) is 35.9 Å². The van der Waals surface area contributed by atoms with Gasteiger partial charge in [-0.15, -0.1) is 12.4 Å². The number of hydrogen-bond donors (Lipinski definition) is 2. The first-order valence-corrected chi connectivity index (χ1v) is 7.22. The molecule has 112 valence electrons. The molecule has 0 heterocycles. The zero-order valence-corrected chi connectivity index (χ0v) is 13.1. The molecule has 20 heavy (non-hydrogen) atoms. The van der Waals surface area contributed by atoms with Gasteiger partial charge in [0.05, 0.1) is 5.41 Å². The van der Waals surface area contributed by atoms with E-state index in [4.69, 9.17) is 0 Å². The second-order valence-electron chi connectivity index (χ2n) is 5.61. The average molecular weight is 297 g/mol. The maximum absolute atomic E-state index is 12.3. The molecule has 0 aliphatic heterocycles. The van der Waals surface area contributed by atoms with Gasteiger partial charge in [-0.2, -0.15) is 0 Å². The van der Waals surface area contributed by atoms with Crippen LogP contribution in [0.3, 0.4) is 0 Å². The third-order valence-corrected chi connectivity index (χ3v) is 3.84. The van der Waals surface area contributed by atoms with Crippen LogP contribution >= 0.6 is 12.4 Å². The molecule has 4 heteroatoms. The fourth-order valence-corrected chi connectivity index (χ4v) is 2.48. The molecule has 1 aliphatic rings. The molecule has 0 aromatic heterocycles. The zero-order valence-electron chi connectivity index (χ0n) is 12.3. The highest BCUT2D eigenvalue weighted by Crippen LogP contribution is 2.48. The summed E-state index contributed by atoms with van der Waals surface area (Å²) in [7, 11) is 0. The molecule has 1 fully saturated rings. The fourth-order valence-electron chi connectivity index (χ4n) is 2.48. The van der Waals surface area contributed by atoms with Crippen LogP contribution in [-0.4, -0.2) is 25.0 Å². The first kappa shape index (κ1) is 17.0. The third-order valence-electron chi connectivity index (χ3n) is 3.84. The maximum Gasteiger partial charge on any atom is 0.226 e. The van der Waals surface area contributed by atoms with Crippen LogP contribution < -0.4 is 10.6 Å². The van der Waals surface area contributed by atoms with Crippen molar-refractivity contribution >= 4 is 18.3 Å². The molecule has 0 spiro atoms. The number of halogens is 1. The van der Waals surface area contributed by atoms with Crippen molar-refractivity contribution in [3.63, 3.8) is 0 Å². The predicted octanol–water partition coefficient (Wildman–Crippen LogP) is 2.55. The molecule has 0 bridgehead atoms. The second kappa shape index (κ2) is 7.65. The number of nitrogens with one attached hydrogen (secondary N) is 2. The van der Waals surface area contributed by atoms with Crippen molar-refractivity contribution in [2.24, 2.45) is 5.41 Å². The van der Waals surface area contributed by atoms with Gasteiger partial charge in [0.2, 0.25) is 5.91 Å². The Labute approximate surface area is 127 Å². The summed E-state index contributed by atoms with van der Waals surface area (Å²) in [5.74, 6) is 0.223. The SMILES string of the molecule is CCN[C@H](C)CNC(=O)C1(Cc2ccccc2)CC1.Cl. The van der Waals surface area contributed by atoms with E-state index in [9.17, 15) is 4.79 Å². The topological polar surface area (TPSA) is 41.1 Å². The average Bonchev–Trinajstić information content (AvgIpc) is 3.18. The van der Waals surface area contributed by atoms with Gasteiger partial charge in [0.1, 0.15) is 0 Å². The Morgan fingerprint density at radius 3 is 2.50 bits per heavy atom. The van der Waals surface area contributed by atoms with Crippen molar-refractivity contribution in [1.82, 2.24) is 10.6 Å². The second-order valence-corrected chi connectivity index (χ2v) is 5.61. The highest BCUT2D eigenvalue weighted by atomic mass is 35.5. The summed E-state index contributed by atoms with van der Waals surface area (Å²) >= 11 is 0. The van der Waals surface area contributed by atoms with Gasteiger partial charge in [-0.1, -0.05) is 37.3 Å². The Bertz CT molecular complexity index is 418. The third kappa shape index (κ3) is 4.50. The van der Waals surface area contributed by atoms with E-state index in [0.29, 0.717) is 12.6 Å². The van der Waals surface area contributed by atoms with E-state index in [1.165, 1.54) is 5.56 Å². The molecule has 1 saturated carbocycles. The van der Waals surface area contributed by atoms with E-state index in [2.05, 4.69) is 36.6 Å². The number of amides is 1. The van der Waals surface area contributed by atoms with Gasteiger partial charge >= 0.3 is 0 Å². The Morgan fingerprint density at radius 1 is 1.30 bits per heavy atom. The Morgan fingerprint density at radius 2 is 1.95 bits per heavy atom. The van der Waals surface area contributed by atoms with Crippen molar-refractivity contribution in [2.75, 3.05) is 13.1 Å². The molecular weight excluding hydrogens is 272 g/mol. The minimum absolute atomic E-state index is 0. The molecule has 1 aromatic carbocycles. The molecule has 2 rings (SSSR count).